The van der Waals surface area contributed by atoms with Crippen LogP contribution in [0.1, 0.15) is 45.0 Å². The molecule has 2 heterocycles. The number of anilines is 1. The lowest BCUT2D eigenvalue weighted by Crippen LogP contribution is -2.66. The van der Waals surface area contributed by atoms with E-state index in [4.69, 9.17) is 16.0 Å². The number of hydrogen-bond acceptors (Lipinski definition) is 5. The number of halogens is 1. The Kier molecular flexibility index (Phi) is 7.63. The molecule has 2 aromatic heterocycles. The van der Waals surface area contributed by atoms with Crippen molar-refractivity contribution in [2.24, 2.45) is 0 Å². The molecular formula is C28H31ClN4O3Si. The summed E-state index contributed by atoms with van der Waals surface area (Å²) in [5, 5.41) is 5.53. The van der Waals surface area contributed by atoms with Gasteiger partial charge in [-0.05, 0) is 27.4 Å². The average molecular weight is 535 g/mol. The van der Waals surface area contributed by atoms with Crippen LogP contribution in [0, 0.1) is 0 Å². The molecule has 0 spiro atoms. The number of amides is 1. The second kappa shape index (κ2) is 10.6. The average Bonchev–Trinajstić information content (AvgIpc) is 3.21. The van der Waals surface area contributed by atoms with Crippen LogP contribution in [0.4, 0.5) is 5.95 Å². The van der Waals surface area contributed by atoms with Crippen molar-refractivity contribution in [3.05, 3.63) is 77.6 Å². The Morgan fingerprint density at radius 3 is 2.03 bits per heavy atom. The molecule has 4 rings (SSSR count). The highest BCUT2D eigenvalue weighted by Crippen LogP contribution is 2.37. The molecule has 4 aromatic rings. The second-order valence-electron chi connectivity index (χ2n) is 10.0. The highest BCUT2D eigenvalue weighted by Gasteiger charge is 2.50. The van der Waals surface area contributed by atoms with Gasteiger partial charge in [-0.3, -0.25) is 19.5 Å². The van der Waals surface area contributed by atoms with Crippen molar-refractivity contribution >= 4 is 59.1 Å². The number of carbonyl (C=O) groups is 2. The molecule has 0 unspecified atom stereocenters. The Hall–Kier alpha value is -3.33. The normalized spacial score (nSPS) is 12.1. The molecule has 0 aliphatic carbocycles. The van der Waals surface area contributed by atoms with E-state index in [2.05, 4.69) is 84.6 Å². The highest BCUT2D eigenvalue weighted by atomic mass is 35.5. The monoisotopic (exact) mass is 534 g/mol. The minimum Gasteiger partial charge on any atom is -0.407 e. The van der Waals surface area contributed by atoms with Crippen LogP contribution in [0.15, 0.2) is 66.9 Å². The van der Waals surface area contributed by atoms with Crippen molar-refractivity contribution in [1.82, 2.24) is 14.5 Å². The summed E-state index contributed by atoms with van der Waals surface area (Å²) in [4.78, 5) is 32.5. The predicted molar refractivity (Wildman–Crippen MR) is 150 cm³/mol. The number of rotatable bonds is 7. The van der Waals surface area contributed by atoms with E-state index >= 15 is 0 Å². The fourth-order valence-electron chi connectivity index (χ4n) is 4.87. The summed E-state index contributed by atoms with van der Waals surface area (Å²) < 4.78 is 8.45. The van der Waals surface area contributed by atoms with Crippen LogP contribution in [0.2, 0.25) is 10.2 Å². The van der Waals surface area contributed by atoms with Gasteiger partial charge in [-0.15, -0.1) is 0 Å². The van der Waals surface area contributed by atoms with E-state index < -0.39 is 8.32 Å². The van der Waals surface area contributed by atoms with Crippen LogP contribution >= 0.6 is 11.6 Å². The number of carbonyl (C=O) groups excluding carboxylic acids is 2. The van der Waals surface area contributed by atoms with Crippen molar-refractivity contribution in [3.8, 4) is 0 Å². The second-order valence-corrected chi connectivity index (χ2v) is 14.7. The quantitative estimate of drug-likeness (QED) is 0.271. The van der Waals surface area contributed by atoms with Gasteiger partial charge >= 0.3 is 0 Å². The zero-order valence-electron chi connectivity index (χ0n) is 21.7. The third-order valence-corrected chi connectivity index (χ3v) is 11.7. The first-order valence-electron chi connectivity index (χ1n) is 12.2. The molecule has 9 heteroatoms. The van der Waals surface area contributed by atoms with E-state index in [0.29, 0.717) is 24.1 Å². The zero-order valence-corrected chi connectivity index (χ0v) is 23.5. The molecule has 0 aliphatic rings. The zero-order chi connectivity index (χ0) is 26.8. The van der Waals surface area contributed by atoms with Crippen LogP contribution in [0.5, 0.6) is 0 Å². The summed E-state index contributed by atoms with van der Waals surface area (Å²) in [7, 11) is -2.71. The first kappa shape index (κ1) is 26.7. The van der Waals surface area contributed by atoms with Crippen LogP contribution in [0.3, 0.4) is 0 Å². The predicted octanol–water partition coefficient (Wildman–Crippen LogP) is 4.82. The van der Waals surface area contributed by atoms with E-state index in [0.717, 1.165) is 5.56 Å². The van der Waals surface area contributed by atoms with E-state index in [9.17, 15) is 9.59 Å². The number of benzene rings is 2. The molecule has 0 radical (unpaired) electrons. The maximum Gasteiger partial charge on any atom is 0.261 e. The lowest BCUT2D eigenvalue weighted by atomic mass is 10.2. The number of nitrogens with one attached hydrogen (secondary N) is 1. The Labute approximate surface area is 223 Å². The van der Waals surface area contributed by atoms with Crippen LogP contribution in [0.25, 0.3) is 11.0 Å². The number of aromatic nitrogens is 3. The van der Waals surface area contributed by atoms with E-state index in [-0.39, 0.29) is 28.0 Å². The van der Waals surface area contributed by atoms with E-state index in [1.165, 1.54) is 28.8 Å². The fourth-order valence-corrected chi connectivity index (χ4v) is 9.72. The third-order valence-electron chi connectivity index (χ3n) is 6.41. The van der Waals surface area contributed by atoms with Gasteiger partial charge in [0, 0.05) is 26.7 Å². The van der Waals surface area contributed by atoms with Crippen molar-refractivity contribution in [2.45, 2.75) is 46.1 Å². The minimum absolute atomic E-state index is 0.0562. The fraction of sp³-hybridized carbons (Fsp3) is 0.286. The molecule has 37 heavy (non-hydrogen) atoms. The van der Waals surface area contributed by atoms with Crippen LogP contribution in [-0.2, 0) is 15.6 Å². The molecule has 0 atom stereocenters. The molecule has 2 aromatic carbocycles. The van der Waals surface area contributed by atoms with Gasteiger partial charge in [0.1, 0.15) is 5.15 Å². The third kappa shape index (κ3) is 5.23. The SMILES string of the molecule is CC(=O)Nc1nc(Cl)c2c(CCO[Si](c3ccccc3)(c3ccccc3)C(C)(C)C)cn(C(C)=O)c2n1. The van der Waals surface area contributed by atoms with E-state index in [1.807, 2.05) is 12.1 Å². The molecule has 192 valence electrons. The summed E-state index contributed by atoms with van der Waals surface area (Å²) in [5.41, 5.74) is 1.17. The van der Waals surface area contributed by atoms with Crippen molar-refractivity contribution < 1.29 is 14.0 Å². The summed E-state index contributed by atoms with van der Waals surface area (Å²) in [6.45, 7) is 9.92. The summed E-state index contributed by atoms with van der Waals surface area (Å²) in [5.74, 6) is -0.483. The van der Waals surface area contributed by atoms with Gasteiger partial charge in [0.15, 0.2) is 5.65 Å². The van der Waals surface area contributed by atoms with E-state index in [1.54, 1.807) is 6.20 Å². The summed E-state index contributed by atoms with van der Waals surface area (Å²) in [6.07, 6.45) is 2.24. The maximum atomic E-state index is 12.4. The van der Waals surface area contributed by atoms with Crippen molar-refractivity contribution in [3.63, 3.8) is 0 Å². The topological polar surface area (TPSA) is 86.1 Å². The number of nitrogens with zero attached hydrogens (tertiary/aromatic N) is 3. The van der Waals surface area contributed by atoms with Crippen LogP contribution < -0.4 is 15.7 Å². The molecule has 1 N–H and O–H groups in total. The minimum atomic E-state index is -2.71. The standard InChI is InChI=1S/C28H31ClN4O3Si/c1-19(34)30-27-31-25(29)24-21(18-33(20(2)35)26(24)32-27)16-17-36-37(28(3,4)5,22-12-8-6-9-13-22)23-14-10-7-11-15-23/h6-15,18H,16-17H2,1-5H3,(H,30,31,32,34). The van der Waals surface area contributed by atoms with Gasteiger partial charge in [0.25, 0.3) is 8.32 Å². The Bertz CT molecular complexity index is 1390. The van der Waals surface area contributed by atoms with Gasteiger partial charge in [-0.25, -0.2) is 0 Å². The van der Waals surface area contributed by atoms with Gasteiger partial charge in [-0.2, -0.15) is 9.97 Å². The molecule has 0 aliphatic heterocycles. The maximum absolute atomic E-state index is 12.4. The lowest BCUT2D eigenvalue weighted by molar-refractivity contribution is -0.114. The Morgan fingerprint density at radius 2 is 1.54 bits per heavy atom. The van der Waals surface area contributed by atoms with Gasteiger partial charge in [0.05, 0.1) is 5.39 Å². The van der Waals surface area contributed by atoms with Crippen LogP contribution in [-0.4, -0.2) is 41.3 Å². The molecule has 0 saturated carbocycles. The first-order valence-corrected chi connectivity index (χ1v) is 14.4. The summed E-state index contributed by atoms with van der Waals surface area (Å²) in [6, 6.07) is 20.9. The Morgan fingerprint density at radius 1 is 0.973 bits per heavy atom. The molecular weight excluding hydrogens is 504 g/mol. The molecule has 0 saturated heterocycles. The van der Waals surface area contributed by atoms with Crippen molar-refractivity contribution in [1.29, 1.82) is 0 Å². The molecule has 0 bridgehead atoms. The largest absolute Gasteiger partial charge is 0.407 e. The summed E-state index contributed by atoms with van der Waals surface area (Å²) >= 11 is 6.54. The smallest absolute Gasteiger partial charge is 0.261 e. The number of fused-ring (bicyclic) bond motifs is 1. The molecule has 7 nitrogen and oxygen atoms in total. The number of hydrogen-bond donors (Lipinski definition) is 1. The highest BCUT2D eigenvalue weighted by molar-refractivity contribution is 6.99. The van der Waals surface area contributed by atoms with Gasteiger partial charge < -0.3 is 4.43 Å². The Balaban J connectivity index is 1.75. The molecule has 0 fully saturated rings. The van der Waals surface area contributed by atoms with Gasteiger partial charge in [0.2, 0.25) is 17.8 Å². The van der Waals surface area contributed by atoms with Crippen molar-refractivity contribution in [2.75, 3.05) is 11.9 Å². The van der Waals surface area contributed by atoms with Gasteiger partial charge in [-0.1, -0.05) is 93.0 Å². The lowest BCUT2D eigenvalue weighted by Gasteiger charge is -2.43. The molecule has 1 amide bonds. The first-order chi connectivity index (χ1) is 17.5.